The van der Waals surface area contributed by atoms with Crippen molar-refractivity contribution in [3.8, 4) is 0 Å². The first kappa shape index (κ1) is 14.2. The number of nitrogens with one attached hydrogen (secondary N) is 1. The van der Waals surface area contributed by atoms with Crippen LogP contribution in [0.5, 0.6) is 0 Å². The molecule has 1 aromatic heterocycles. The third-order valence-electron chi connectivity index (χ3n) is 3.51. The lowest BCUT2D eigenvalue weighted by atomic mass is 10.1. The van der Waals surface area contributed by atoms with Crippen LogP contribution in [-0.2, 0) is 9.59 Å². The highest BCUT2D eigenvalue weighted by atomic mass is 16.2. The van der Waals surface area contributed by atoms with Crippen molar-refractivity contribution in [1.82, 2.24) is 9.88 Å². The molecule has 106 valence electrons. The molecule has 1 N–H and O–H groups in total. The van der Waals surface area contributed by atoms with Crippen LogP contribution in [0.25, 0.3) is 11.6 Å². The predicted octanol–water partition coefficient (Wildman–Crippen LogP) is -0.183. The Kier molecular flexibility index (Phi) is 3.88. The molecule has 0 spiro atoms. The van der Waals surface area contributed by atoms with E-state index in [2.05, 4.69) is 5.32 Å². The Hall–Kier alpha value is -2.17. The maximum Gasteiger partial charge on any atom is 0.259 e. The Morgan fingerprint density at radius 1 is 1.35 bits per heavy atom. The van der Waals surface area contributed by atoms with Gasteiger partial charge in [-0.15, -0.1) is 0 Å². The molecule has 0 radical (unpaired) electrons. The lowest BCUT2D eigenvalue weighted by molar-refractivity contribution is -0.135. The first-order chi connectivity index (χ1) is 9.45. The van der Waals surface area contributed by atoms with E-state index < -0.39 is 11.9 Å². The number of hydrogen-bond acceptors (Lipinski definition) is 3. The maximum atomic E-state index is 12.6. The fourth-order valence-corrected chi connectivity index (χ4v) is 2.50. The van der Waals surface area contributed by atoms with E-state index in [1.54, 1.807) is 6.20 Å². The van der Waals surface area contributed by atoms with E-state index >= 15 is 0 Å². The Balaban J connectivity index is 2.64. The average Bonchev–Trinajstić information content (AvgIpc) is 2.38. The summed E-state index contributed by atoms with van der Waals surface area (Å²) in [6.07, 6.45) is 4.12. The molecule has 1 atom stereocenters. The summed E-state index contributed by atoms with van der Waals surface area (Å²) in [5, 5.41) is 3.76. The first-order valence-corrected chi connectivity index (χ1v) is 6.64. The van der Waals surface area contributed by atoms with Crippen LogP contribution in [0.3, 0.4) is 0 Å². The van der Waals surface area contributed by atoms with Crippen molar-refractivity contribution in [2.45, 2.75) is 39.7 Å². The molecule has 1 aliphatic rings. The molecule has 20 heavy (non-hydrogen) atoms. The number of pyridine rings is 1. The van der Waals surface area contributed by atoms with E-state index in [0.717, 1.165) is 10.8 Å². The Bertz CT molecular complexity index is 739. The molecule has 2 amide bonds. The van der Waals surface area contributed by atoms with Gasteiger partial charge in [0.15, 0.2) is 0 Å². The van der Waals surface area contributed by atoms with Crippen LogP contribution in [0.1, 0.15) is 39.7 Å². The van der Waals surface area contributed by atoms with Gasteiger partial charge in [-0.05, 0) is 38.5 Å². The van der Waals surface area contributed by atoms with Crippen molar-refractivity contribution in [2.75, 3.05) is 0 Å². The molecule has 0 aliphatic carbocycles. The van der Waals surface area contributed by atoms with Crippen molar-refractivity contribution in [2.24, 2.45) is 0 Å². The number of hydrogen-bond donors (Lipinski definition) is 1. The number of aromatic nitrogens is 1. The molecule has 1 unspecified atom stereocenters. The second kappa shape index (κ2) is 5.45. The standard InChI is InChI=1S/C15H18N2O3/c1-4-10-7-8-17(15(20)13(10)9(2)3)11-5-6-12(18)16-14(11)19/h4,7-8,11H,5-6H2,1-3H3,(H,16,18,19)/b10-4-. The third-order valence-corrected chi connectivity index (χ3v) is 3.51. The van der Waals surface area contributed by atoms with Crippen LogP contribution >= 0.6 is 0 Å². The van der Waals surface area contributed by atoms with Gasteiger partial charge >= 0.3 is 0 Å². The van der Waals surface area contributed by atoms with Gasteiger partial charge in [-0.2, -0.15) is 0 Å². The largest absolute Gasteiger partial charge is 0.302 e. The van der Waals surface area contributed by atoms with Crippen molar-refractivity contribution >= 4 is 23.5 Å². The van der Waals surface area contributed by atoms with Gasteiger partial charge in [0.1, 0.15) is 6.04 Å². The van der Waals surface area contributed by atoms with E-state index in [-0.39, 0.29) is 17.9 Å². The quantitative estimate of drug-likeness (QED) is 0.722. The molecule has 1 fully saturated rings. The molecule has 5 heteroatoms. The minimum atomic E-state index is -0.607. The van der Waals surface area contributed by atoms with E-state index in [0.29, 0.717) is 11.6 Å². The zero-order chi connectivity index (χ0) is 14.9. The summed E-state index contributed by atoms with van der Waals surface area (Å²) in [4.78, 5) is 35.6. The maximum absolute atomic E-state index is 12.6. The molecule has 0 bridgehead atoms. The highest BCUT2D eigenvalue weighted by Crippen LogP contribution is 2.15. The SMILES string of the molecule is C/C=c1/ccn(C2CCC(=O)NC2=O)c(=O)c1=C(C)C. The van der Waals surface area contributed by atoms with Gasteiger partial charge < -0.3 is 4.57 Å². The van der Waals surface area contributed by atoms with E-state index in [1.165, 1.54) is 4.57 Å². The smallest absolute Gasteiger partial charge is 0.259 e. The first-order valence-electron chi connectivity index (χ1n) is 6.64. The van der Waals surface area contributed by atoms with E-state index in [4.69, 9.17) is 0 Å². The van der Waals surface area contributed by atoms with E-state index in [1.807, 2.05) is 32.9 Å². The van der Waals surface area contributed by atoms with Crippen LogP contribution in [-0.4, -0.2) is 16.4 Å². The summed E-state index contributed by atoms with van der Waals surface area (Å²) in [5.74, 6) is -0.687. The Morgan fingerprint density at radius 3 is 2.60 bits per heavy atom. The van der Waals surface area contributed by atoms with Crippen LogP contribution in [0, 0.1) is 0 Å². The van der Waals surface area contributed by atoms with Crippen LogP contribution in [0.2, 0.25) is 0 Å². The number of imide groups is 1. The average molecular weight is 274 g/mol. The van der Waals surface area contributed by atoms with Gasteiger partial charge in [-0.3, -0.25) is 19.7 Å². The summed E-state index contributed by atoms with van der Waals surface area (Å²) in [6, 6.07) is 1.22. The van der Waals surface area contributed by atoms with Crippen molar-refractivity contribution < 1.29 is 9.59 Å². The highest BCUT2D eigenvalue weighted by molar-refractivity contribution is 5.99. The Labute approximate surface area is 116 Å². The minimum Gasteiger partial charge on any atom is -0.302 e. The summed E-state index contributed by atoms with van der Waals surface area (Å²) >= 11 is 0. The molecule has 1 aromatic rings. The molecule has 5 nitrogen and oxygen atoms in total. The number of carbonyl (C=O) groups is 2. The zero-order valence-electron chi connectivity index (χ0n) is 11.9. The van der Waals surface area contributed by atoms with Gasteiger partial charge in [0.25, 0.3) is 5.56 Å². The van der Waals surface area contributed by atoms with Gasteiger partial charge in [0.2, 0.25) is 11.8 Å². The molecular formula is C15H18N2O3. The number of carbonyl (C=O) groups excluding carboxylic acids is 2. The molecule has 1 aliphatic heterocycles. The fourth-order valence-electron chi connectivity index (χ4n) is 2.50. The zero-order valence-corrected chi connectivity index (χ0v) is 11.9. The lowest BCUT2D eigenvalue weighted by Crippen LogP contribution is -2.50. The number of rotatable bonds is 1. The minimum absolute atomic E-state index is 0.185. The van der Waals surface area contributed by atoms with Crippen LogP contribution in [0.4, 0.5) is 0 Å². The van der Waals surface area contributed by atoms with Gasteiger partial charge in [-0.25, -0.2) is 0 Å². The third kappa shape index (κ3) is 2.43. The van der Waals surface area contributed by atoms with Crippen molar-refractivity contribution in [1.29, 1.82) is 0 Å². The predicted molar refractivity (Wildman–Crippen MR) is 76.3 cm³/mol. The molecule has 0 aromatic carbocycles. The molecule has 1 saturated heterocycles. The molecule has 0 saturated carbocycles. The lowest BCUT2D eigenvalue weighted by Gasteiger charge is -2.22. The second-order valence-corrected chi connectivity index (χ2v) is 5.11. The fraction of sp³-hybridized carbons (Fsp3) is 0.400. The number of amides is 2. The van der Waals surface area contributed by atoms with Crippen LogP contribution in [0.15, 0.2) is 17.1 Å². The second-order valence-electron chi connectivity index (χ2n) is 5.11. The molecular weight excluding hydrogens is 256 g/mol. The summed E-state index contributed by atoms with van der Waals surface area (Å²) < 4.78 is 1.43. The summed E-state index contributed by atoms with van der Waals surface area (Å²) in [6.45, 7) is 5.62. The normalized spacial score (nSPS) is 19.9. The van der Waals surface area contributed by atoms with Crippen molar-refractivity contribution in [3.05, 3.63) is 33.1 Å². The monoisotopic (exact) mass is 274 g/mol. The number of piperidine rings is 1. The van der Waals surface area contributed by atoms with Crippen LogP contribution < -0.4 is 21.3 Å². The number of nitrogens with zero attached hydrogens (tertiary/aromatic N) is 1. The Morgan fingerprint density at radius 2 is 2.05 bits per heavy atom. The van der Waals surface area contributed by atoms with Crippen molar-refractivity contribution in [3.63, 3.8) is 0 Å². The summed E-state index contributed by atoms with van der Waals surface area (Å²) in [5.41, 5.74) is 0.722. The highest BCUT2D eigenvalue weighted by Gasteiger charge is 2.28. The van der Waals surface area contributed by atoms with Gasteiger partial charge in [-0.1, -0.05) is 11.6 Å². The molecule has 2 rings (SSSR count). The summed E-state index contributed by atoms with van der Waals surface area (Å²) in [7, 11) is 0. The van der Waals surface area contributed by atoms with Gasteiger partial charge in [0.05, 0.1) is 0 Å². The topological polar surface area (TPSA) is 68.2 Å². The molecule has 2 heterocycles. The van der Waals surface area contributed by atoms with E-state index in [9.17, 15) is 14.4 Å². The van der Waals surface area contributed by atoms with Gasteiger partial charge in [0, 0.05) is 17.8 Å².